The number of carbonyl (C=O) groups excluding carboxylic acids is 2. The topological polar surface area (TPSA) is 76.1 Å². The van der Waals surface area contributed by atoms with Crippen molar-refractivity contribution in [2.75, 3.05) is 19.7 Å². The molecule has 0 spiro atoms. The minimum atomic E-state index is -1.65. The summed E-state index contributed by atoms with van der Waals surface area (Å²) < 4.78 is 11.2. The monoisotopic (exact) mass is 335 g/mol. The van der Waals surface area contributed by atoms with Crippen molar-refractivity contribution in [3.8, 4) is 0 Å². The number of esters is 2. The lowest BCUT2D eigenvalue weighted by Crippen LogP contribution is -2.45. The first-order valence-corrected chi connectivity index (χ1v) is 8.53. The zero-order valence-electron chi connectivity index (χ0n) is 14.4. The molecule has 0 radical (unpaired) electrons. The van der Waals surface area contributed by atoms with E-state index in [1.165, 1.54) is 6.92 Å². The molecule has 2 saturated heterocycles. The minimum Gasteiger partial charge on any atom is -0.459 e. The maximum atomic E-state index is 12.5. The number of ether oxygens (including phenoxy) is 2. The predicted octanol–water partition coefficient (Wildman–Crippen LogP) is 1.19. The molecule has 0 unspecified atom stereocenters. The van der Waals surface area contributed by atoms with Crippen LogP contribution in [0.3, 0.4) is 0 Å². The van der Waals surface area contributed by atoms with Crippen molar-refractivity contribution in [3.05, 3.63) is 23.3 Å². The second-order valence-corrected chi connectivity index (χ2v) is 7.09. The van der Waals surface area contributed by atoms with E-state index in [-0.39, 0.29) is 31.1 Å². The second kappa shape index (κ2) is 6.33. The van der Waals surface area contributed by atoms with Gasteiger partial charge in [-0.1, -0.05) is 19.1 Å². The molecule has 0 aliphatic carbocycles. The summed E-state index contributed by atoms with van der Waals surface area (Å²) >= 11 is 0. The van der Waals surface area contributed by atoms with E-state index in [0.29, 0.717) is 5.57 Å². The first-order valence-electron chi connectivity index (χ1n) is 8.53. The Morgan fingerprint density at radius 3 is 2.88 bits per heavy atom. The van der Waals surface area contributed by atoms with Crippen molar-refractivity contribution >= 4 is 11.9 Å². The quantitative estimate of drug-likeness (QED) is 0.407. The number of nitrogens with zero attached hydrogens (tertiary/aromatic N) is 1. The molecule has 0 amide bonds. The third-order valence-corrected chi connectivity index (χ3v) is 5.55. The van der Waals surface area contributed by atoms with Crippen molar-refractivity contribution in [2.24, 2.45) is 5.92 Å². The second-order valence-electron chi connectivity index (χ2n) is 7.09. The van der Waals surface area contributed by atoms with Crippen molar-refractivity contribution in [3.63, 3.8) is 0 Å². The number of aliphatic hydroxyl groups is 1. The van der Waals surface area contributed by atoms with Crippen LogP contribution in [0.5, 0.6) is 0 Å². The highest BCUT2D eigenvalue weighted by Gasteiger charge is 2.45. The summed E-state index contributed by atoms with van der Waals surface area (Å²) in [5, 5.41) is 10.6. The Morgan fingerprint density at radius 1 is 1.42 bits per heavy atom. The largest absolute Gasteiger partial charge is 0.459 e. The number of rotatable bonds is 0. The lowest BCUT2D eigenvalue weighted by molar-refractivity contribution is -0.169. The van der Waals surface area contributed by atoms with E-state index in [1.54, 1.807) is 19.9 Å². The maximum absolute atomic E-state index is 12.5. The van der Waals surface area contributed by atoms with E-state index in [4.69, 9.17) is 9.47 Å². The summed E-state index contributed by atoms with van der Waals surface area (Å²) in [6.07, 6.45) is 4.56. The Balaban J connectivity index is 1.91. The number of hydrogen-bond acceptors (Lipinski definition) is 6. The molecule has 24 heavy (non-hydrogen) atoms. The van der Waals surface area contributed by atoms with Gasteiger partial charge in [0.25, 0.3) is 0 Å². The van der Waals surface area contributed by atoms with Crippen LogP contribution in [-0.4, -0.2) is 59.4 Å². The molecule has 3 heterocycles. The molecule has 3 aliphatic rings. The normalized spacial score (nSPS) is 39.6. The minimum absolute atomic E-state index is 0.0262. The first-order chi connectivity index (χ1) is 11.3. The lowest BCUT2D eigenvalue weighted by atomic mass is 9.85. The van der Waals surface area contributed by atoms with Crippen molar-refractivity contribution in [1.82, 2.24) is 4.90 Å². The van der Waals surface area contributed by atoms with E-state index >= 15 is 0 Å². The molecular weight excluding hydrogens is 310 g/mol. The molecule has 1 N–H and O–H groups in total. The molecule has 0 aromatic rings. The number of carbonyl (C=O) groups is 2. The van der Waals surface area contributed by atoms with Gasteiger partial charge < -0.3 is 14.6 Å². The third kappa shape index (κ3) is 2.89. The Bertz CT molecular complexity index is 607. The van der Waals surface area contributed by atoms with Crippen LogP contribution >= 0.6 is 0 Å². The van der Waals surface area contributed by atoms with Gasteiger partial charge in [0, 0.05) is 18.7 Å². The predicted molar refractivity (Wildman–Crippen MR) is 87.1 cm³/mol. The third-order valence-electron chi connectivity index (χ3n) is 5.55. The van der Waals surface area contributed by atoms with Gasteiger partial charge in [0.1, 0.15) is 12.7 Å². The first kappa shape index (κ1) is 17.2. The fourth-order valence-corrected chi connectivity index (χ4v) is 3.68. The zero-order chi connectivity index (χ0) is 17.5. The van der Waals surface area contributed by atoms with Crippen LogP contribution in [0.15, 0.2) is 23.3 Å². The van der Waals surface area contributed by atoms with Crippen molar-refractivity contribution in [2.45, 2.75) is 51.4 Å². The van der Waals surface area contributed by atoms with E-state index < -0.39 is 17.5 Å². The van der Waals surface area contributed by atoms with E-state index in [1.807, 2.05) is 6.08 Å². The summed E-state index contributed by atoms with van der Waals surface area (Å²) in [6, 6.07) is -0.0262. The molecule has 6 nitrogen and oxygen atoms in total. The molecule has 3 rings (SSSR count). The van der Waals surface area contributed by atoms with E-state index in [0.717, 1.165) is 25.1 Å². The van der Waals surface area contributed by atoms with Gasteiger partial charge in [-0.15, -0.1) is 0 Å². The Hall–Kier alpha value is -1.66. The Kier molecular flexibility index (Phi) is 4.53. The van der Waals surface area contributed by atoms with Crippen LogP contribution in [0, 0.1) is 5.92 Å². The number of hydrogen-bond donors (Lipinski definition) is 1. The molecule has 0 saturated carbocycles. The van der Waals surface area contributed by atoms with Gasteiger partial charge in [-0.05, 0) is 38.2 Å². The van der Waals surface area contributed by atoms with Gasteiger partial charge in [-0.25, -0.2) is 9.59 Å². The average Bonchev–Trinajstić information content (AvgIpc) is 3.12. The smallest absolute Gasteiger partial charge is 0.338 e. The molecule has 3 aliphatic heterocycles. The van der Waals surface area contributed by atoms with Gasteiger partial charge in [0.15, 0.2) is 5.60 Å². The van der Waals surface area contributed by atoms with Crippen molar-refractivity contribution < 1.29 is 24.2 Å². The average molecular weight is 335 g/mol. The zero-order valence-corrected chi connectivity index (χ0v) is 14.4. The van der Waals surface area contributed by atoms with Gasteiger partial charge in [-0.2, -0.15) is 0 Å². The number of cyclic esters (lactones) is 1. The lowest BCUT2D eigenvalue weighted by Gasteiger charge is -2.31. The van der Waals surface area contributed by atoms with E-state index in [2.05, 4.69) is 4.90 Å². The molecule has 2 fully saturated rings. The summed E-state index contributed by atoms with van der Waals surface area (Å²) in [7, 11) is 0. The molecule has 132 valence electrons. The molecule has 6 heteroatoms. The highest BCUT2D eigenvalue weighted by atomic mass is 16.6. The SMILES string of the molecule is C/C=C1/C[C@@H](C)[C@@](C)(O)C(=O)OCC2=CCN3CC[C@@H](OC1=O)[C@H]23. The van der Waals surface area contributed by atoms with E-state index in [9.17, 15) is 14.7 Å². The summed E-state index contributed by atoms with van der Waals surface area (Å²) in [4.78, 5) is 27.1. The Labute approximate surface area is 142 Å². The van der Waals surface area contributed by atoms with Crippen LogP contribution in [0.25, 0.3) is 0 Å². The van der Waals surface area contributed by atoms with Crippen LogP contribution < -0.4 is 0 Å². The fourth-order valence-electron chi connectivity index (χ4n) is 3.68. The standard InChI is InChI=1S/C18H25NO5/c1-4-12-9-11(2)18(3,22)17(21)23-10-13-5-7-19-8-6-14(15(13)19)24-16(12)20/h4-5,11,14-15,22H,6-10H2,1-3H3/b12-4-/t11-,14-,15+,18-/m1/s1. The van der Waals surface area contributed by atoms with Crippen LogP contribution in [0.2, 0.25) is 0 Å². The highest BCUT2D eigenvalue weighted by Crippen LogP contribution is 2.34. The van der Waals surface area contributed by atoms with Crippen molar-refractivity contribution in [1.29, 1.82) is 0 Å². The Morgan fingerprint density at radius 2 is 2.17 bits per heavy atom. The summed E-state index contributed by atoms with van der Waals surface area (Å²) in [6.45, 7) is 6.71. The fraction of sp³-hybridized carbons (Fsp3) is 0.667. The van der Waals surface area contributed by atoms with Gasteiger partial charge in [0.2, 0.25) is 0 Å². The number of allylic oxidation sites excluding steroid dienone is 1. The molecule has 0 bridgehead atoms. The van der Waals surface area contributed by atoms with Crippen LogP contribution in [0.1, 0.15) is 33.6 Å². The van der Waals surface area contributed by atoms with Gasteiger partial charge >= 0.3 is 11.9 Å². The maximum Gasteiger partial charge on any atom is 0.338 e. The highest BCUT2D eigenvalue weighted by molar-refractivity contribution is 5.89. The van der Waals surface area contributed by atoms with Gasteiger partial charge in [-0.3, -0.25) is 4.90 Å². The molecule has 0 aromatic heterocycles. The van der Waals surface area contributed by atoms with Crippen LogP contribution in [-0.2, 0) is 19.1 Å². The molecule has 0 aromatic carbocycles. The molecule has 4 atom stereocenters. The van der Waals surface area contributed by atoms with Gasteiger partial charge in [0.05, 0.1) is 6.04 Å². The molecular formula is C18H25NO5. The van der Waals surface area contributed by atoms with Crippen LogP contribution in [0.4, 0.5) is 0 Å². The summed E-state index contributed by atoms with van der Waals surface area (Å²) in [5.41, 5.74) is -0.218. The summed E-state index contributed by atoms with van der Waals surface area (Å²) in [5.74, 6) is -1.46.